The third-order valence-corrected chi connectivity index (χ3v) is 5.54. The Kier molecular flexibility index (Phi) is 7.23. The van der Waals surface area contributed by atoms with E-state index in [-0.39, 0.29) is 24.3 Å². The predicted octanol–water partition coefficient (Wildman–Crippen LogP) is 4.64. The summed E-state index contributed by atoms with van der Waals surface area (Å²) >= 11 is 4.39. The van der Waals surface area contributed by atoms with Crippen LogP contribution in [-0.2, 0) is 11.4 Å². The molecule has 0 aromatic heterocycles. The van der Waals surface area contributed by atoms with Gasteiger partial charge in [0.1, 0.15) is 24.0 Å². The minimum absolute atomic E-state index is 0.0357. The van der Waals surface area contributed by atoms with E-state index in [0.29, 0.717) is 6.61 Å². The number of nitrogens with zero attached hydrogens (tertiary/aromatic N) is 1. The minimum Gasteiger partial charge on any atom is -0.487 e. The van der Waals surface area contributed by atoms with E-state index in [1.165, 1.54) is 0 Å². The van der Waals surface area contributed by atoms with Crippen LogP contribution in [0, 0.1) is 18.5 Å². The second-order valence-electron chi connectivity index (χ2n) is 6.59. The normalized spacial score (nSPS) is 12.6. The van der Waals surface area contributed by atoms with Crippen molar-refractivity contribution < 1.29 is 19.0 Å². The largest absolute Gasteiger partial charge is 0.487 e. The van der Waals surface area contributed by atoms with Gasteiger partial charge in [-0.2, -0.15) is 5.26 Å². The molecule has 1 N–H and O–H groups in total. The molecule has 1 heterocycles. The maximum atomic E-state index is 12.1. The standard InChI is InChI=1S/C21H18I2N2O4/c1-12(2)25-21(26)15(9-24)5-14-6-16(22)20(17(23)7-14)27-10-13-3-4-18-19(8-13)29-11-28-18/h3-8,12H,10-11H2,1-2H3,(H,25,26)/b15-5-. The zero-order valence-electron chi connectivity index (χ0n) is 15.8. The molecule has 0 atom stereocenters. The first-order valence-corrected chi connectivity index (χ1v) is 11.0. The molecular formula is C21H18I2N2O4. The van der Waals surface area contributed by atoms with E-state index in [9.17, 15) is 10.1 Å². The first-order valence-electron chi connectivity index (χ1n) is 8.80. The van der Waals surface area contributed by atoms with Crippen LogP contribution in [0.1, 0.15) is 25.0 Å². The van der Waals surface area contributed by atoms with Crippen molar-refractivity contribution in [2.24, 2.45) is 0 Å². The zero-order valence-corrected chi connectivity index (χ0v) is 20.1. The Hall–Kier alpha value is -2.00. The van der Waals surface area contributed by atoms with E-state index in [1.807, 2.05) is 50.2 Å². The summed E-state index contributed by atoms with van der Waals surface area (Å²) in [5, 5.41) is 12.0. The summed E-state index contributed by atoms with van der Waals surface area (Å²) in [5.74, 6) is 1.84. The SMILES string of the molecule is CC(C)NC(=O)/C(C#N)=C\c1cc(I)c(OCc2ccc3c(c2)OCO3)c(I)c1. The molecule has 150 valence electrons. The highest BCUT2D eigenvalue weighted by atomic mass is 127. The lowest BCUT2D eigenvalue weighted by atomic mass is 10.1. The first kappa shape index (κ1) is 21.7. The molecule has 3 rings (SSSR count). The highest BCUT2D eigenvalue weighted by Crippen LogP contribution is 2.34. The van der Waals surface area contributed by atoms with Crippen molar-refractivity contribution in [1.82, 2.24) is 5.32 Å². The Morgan fingerprint density at radius 1 is 1.24 bits per heavy atom. The van der Waals surface area contributed by atoms with Gasteiger partial charge in [-0.1, -0.05) is 6.07 Å². The number of hydrogen-bond donors (Lipinski definition) is 1. The monoisotopic (exact) mass is 616 g/mol. The summed E-state index contributed by atoms with van der Waals surface area (Å²) in [4.78, 5) is 12.1. The number of nitrogens with one attached hydrogen (secondary N) is 1. The molecule has 0 bridgehead atoms. The van der Waals surface area contributed by atoms with Crippen molar-refractivity contribution in [3.63, 3.8) is 0 Å². The fourth-order valence-electron chi connectivity index (χ4n) is 2.64. The lowest BCUT2D eigenvalue weighted by Gasteiger charge is -2.12. The van der Waals surface area contributed by atoms with Crippen molar-refractivity contribution >= 4 is 57.2 Å². The molecule has 8 heteroatoms. The molecule has 0 saturated heterocycles. The summed E-state index contributed by atoms with van der Waals surface area (Å²) in [6, 6.07) is 11.4. The summed E-state index contributed by atoms with van der Waals surface area (Å²) in [6.45, 7) is 4.33. The average Bonchev–Trinajstić information content (AvgIpc) is 3.12. The van der Waals surface area contributed by atoms with Gasteiger partial charge in [-0.15, -0.1) is 0 Å². The Balaban J connectivity index is 1.76. The van der Waals surface area contributed by atoms with Gasteiger partial charge in [-0.05, 0) is 100 Å². The average molecular weight is 616 g/mol. The lowest BCUT2D eigenvalue weighted by Crippen LogP contribution is -2.30. The number of ether oxygens (including phenoxy) is 3. The molecule has 1 amide bonds. The quantitative estimate of drug-likeness (QED) is 0.291. The number of carbonyl (C=O) groups excluding carboxylic acids is 1. The Labute approximate surface area is 196 Å². The number of rotatable bonds is 6. The molecule has 2 aromatic carbocycles. The van der Waals surface area contributed by atoms with E-state index in [0.717, 1.165) is 35.5 Å². The van der Waals surface area contributed by atoms with Crippen molar-refractivity contribution in [2.75, 3.05) is 6.79 Å². The maximum absolute atomic E-state index is 12.1. The van der Waals surface area contributed by atoms with Crippen LogP contribution >= 0.6 is 45.2 Å². The summed E-state index contributed by atoms with van der Waals surface area (Å²) in [5.41, 5.74) is 1.81. The maximum Gasteiger partial charge on any atom is 0.262 e. The predicted molar refractivity (Wildman–Crippen MR) is 126 cm³/mol. The molecule has 1 aliphatic heterocycles. The van der Waals surface area contributed by atoms with Gasteiger partial charge in [0.05, 0.1) is 7.14 Å². The molecule has 2 aromatic rings. The van der Waals surface area contributed by atoms with Crippen LogP contribution in [0.15, 0.2) is 35.9 Å². The van der Waals surface area contributed by atoms with E-state index in [2.05, 4.69) is 50.5 Å². The highest BCUT2D eigenvalue weighted by molar-refractivity contribution is 14.1. The van der Waals surface area contributed by atoms with Gasteiger partial charge in [0, 0.05) is 6.04 Å². The number of hydrogen-bond acceptors (Lipinski definition) is 5. The summed E-state index contributed by atoms with van der Waals surface area (Å²) in [6.07, 6.45) is 1.59. The van der Waals surface area contributed by atoms with Crippen LogP contribution in [0.3, 0.4) is 0 Å². The Morgan fingerprint density at radius 2 is 1.93 bits per heavy atom. The number of nitriles is 1. The first-order chi connectivity index (χ1) is 13.9. The fraction of sp³-hybridized carbons (Fsp3) is 0.238. The van der Waals surface area contributed by atoms with Crippen molar-refractivity contribution in [3.05, 3.63) is 54.2 Å². The Bertz CT molecular complexity index is 989. The highest BCUT2D eigenvalue weighted by Gasteiger charge is 2.15. The summed E-state index contributed by atoms with van der Waals surface area (Å²) < 4.78 is 18.5. The number of halogens is 2. The second-order valence-corrected chi connectivity index (χ2v) is 8.91. The van der Waals surface area contributed by atoms with Gasteiger partial charge in [0.15, 0.2) is 11.5 Å². The third-order valence-electron chi connectivity index (χ3n) is 3.94. The van der Waals surface area contributed by atoms with Crippen molar-refractivity contribution in [3.8, 4) is 23.3 Å². The van der Waals surface area contributed by atoms with E-state index in [1.54, 1.807) is 6.08 Å². The molecular weight excluding hydrogens is 598 g/mol. The third kappa shape index (κ3) is 5.54. The second kappa shape index (κ2) is 9.67. The molecule has 0 spiro atoms. The van der Waals surface area contributed by atoms with Gasteiger partial charge >= 0.3 is 0 Å². The fourth-order valence-corrected chi connectivity index (χ4v) is 4.77. The molecule has 0 unspecified atom stereocenters. The van der Waals surface area contributed by atoms with Gasteiger partial charge in [-0.3, -0.25) is 4.79 Å². The van der Waals surface area contributed by atoms with Crippen LogP contribution in [0.2, 0.25) is 0 Å². The minimum atomic E-state index is -0.379. The van der Waals surface area contributed by atoms with Gasteiger partial charge in [0.25, 0.3) is 5.91 Å². The van der Waals surface area contributed by atoms with Crippen LogP contribution in [0.5, 0.6) is 17.2 Å². The van der Waals surface area contributed by atoms with Gasteiger partial charge in [-0.25, -0.2) is 0 Å². The smallest absolute Gasteiger partial charge is 0.262 e. The van der Waals surface area contributed by atoms with Crippen molar-refractivity contribution in [1.29, 1.82) is 5.26 Å². The molecule has 0 aliphatic carbocycles. The molecule has 0 fully saturated rings. The van der Waals surface area contributed by atoms with E-state index < -0.39 is 0 Å². The Morgan fingerprint density at radius 3 is 2.59 bits per heavy atom. The van der Waals surface area contributed by atoms with E-state index in [4.69, 9.17) is 14.2 Å². The van der Waals surface area contributed by atoms with Crippen LogP contribution in [0.25, 0.3) is 6.08 Å². The topological polar surface area (TPSA) is 80.6 Å². The molecule has 1 aliphatic rings. The zero-order chi connectivity index (χ0) is 21.0. The number of amides is 1. The lowest BCUT2D eigenvalue weighted by molar-refractivity contribution is -0.117. The molecule has 29 heavy (non-hydrogen) atoms. The van der Waals surface area contributed by atoms with E-state index >= 15 is 0 Å². The van der Waals surface area contributed by atoms with Gasteiger partial charge in [0.2, 0.25) is 6.79 Å². The van der Waals surface area contributed by atoms with Crippen molar-refractivity contribution in [2.45, 2.75) is 26.5 Å². The molecule has 0 saturated carbocycles. The number of benzene rings is 2. The van der Waals surface area contributed by atoms with Crippen LogP contribution in [0.4, 0.5) is 0 Å². The number of carbonyl (C=O) groups is 1. The molecule has 6 nitrogen and oxygen atoms in total. The number of fused-ring (bicyclic) bond motifs is 1. The van der Waals surface area contributed by atoms with Crippen LogP contribution < -0.4 is 19.5 Å². The van der Waals surface area contributed by atoms with Crippen LogP contribution in [-0.4, -0.2) is 18.7 Å². The molecule has 0 radical (unpaired) electrons. The van der Waals surface area contributed by atoms with Gasteiger partial charge < -0.3 is 19.5 Å². The summed E-state index contributed by atoms with van der Waals surface area (Å²) in [7, 11) is 0.